The van der Waals surface area contributed by atoms with E-state index in [4.69, 9.17) is 10.00 Å². The molecule has 2 aliphatic heterocycles. The Labute approximate surface area is 196 Å². The van der Waals surface area contributed by atoms with Crippen LogP contribution in [0.25, 0.3) is 0 Å². The number of benzene rings is 1. The Kier molecular flexibility index (Phi) is 7.41. The van der Waals surface area contributed by atoms with E-state index >= 15 is 0 Å². The molecule has 2 saturated heterocycles. The summed E-state index contributed by atoms with van der Waals surface area (Å²) in [6.07, 6.45) is 4.70. The number of likely N-dealkylation sites (tertiary alicyclic amines) is 2. The smallest absolute Gasteiger partial charge is 0.317 e. The highest BCUT2D eigenvalue weighted by Gasteiger charge is 2.37. The SMILES string of the molecule is CS(=O)(=O)NC(COc1ccc(C#N)cc1)CN1CC2CC(C1)CN(C(=O)NCC1CC1)C2. The number of fused-ring (bicyclic) bond motifs is 2. The Morgan fingerprint density at radius 2 is 1.85 bits per heavy atom. The highest BCUT2D eigenvalue weighted by molar-refractivity contribution is 7.88. The minimum atomic E-state index is -3.40. The number of nitrogens with one attached hydrogen (secondary N) is 2. The third-order valence-corrected chi connectivity index (χ3v) is 7.24. The zero-order valence-corrected chi connectivity index (χ0v) is 19.9. The molecule has 1 aromatic rings. The summed E-state index contributed by atoms with van der Waals surface area (Å²) in [6, 6.07) is 8.49. The monoisotopic (exact) mass is 475 g/mol. The Balaban J connectivity index is 1.31. The predicted octanol–water partition coefficient (Wildman–Crippen LogP) is 1.23. The molecule has 0 aromatic heterocycles. The molecule has 180 valence electrons. The van der Waals surface area contributed by atoms with Gasteiger partial charge in [0.1, 0.15) is 12.4 Å². The highest BCUT2D eigenvalue weighted by atomic mass is 32.2. The van der Waals surface area contributed by atoms with Gasteiger partial charge in [0.05, 0.1) is 23.9 Å². The van der Waals surface area contributed by atoms with E-state index in [0.29, 0.717) is 35.6 Å². The van der Waals surface area contributed by atoms with Crippen LogP contribution in [0.4, 0.5) is 4.79 Å². The van der Waals surface area contributed by atoms with Gasteiger partial charge in [0.25, 0.3) is 0 Å². The van der Waals surface area contributed by atoms with E-state index in [9.17, 15) is 13.2 Å². The molecule has 3 aliphatic rings. The third kappa shape index (κ3) is 7.32. The molecule has 1 aromatic carbocycles. The first-order chi connectivity index (χ1) is 15.8. The van der Waals surface area contributed by atoms with Crippen molar-refractivity contribution in [1.29, 1.82) is 5.26 Å². The third-order valence-electron chi connectivity index (χ3n) is 6.48. The summed E-state index contributed by atoms with van der Waals surface area (Å²) < 4.78 is 32.4. The molecule has 10 heteroatoms. The van der Waals surface area contributed by atoms with Crippen molar-refractivity contribution in [2.45, 2.75) is 25.3 Å². The van der Waals surface area contributed by atoms with Crippen LogP contribution in [0.1, 0.15) is 24.8 Å². The molecule has 2 bridgehead atoms. The number of piperidine rings is 2. The van der Waals surface area contributed by atoms with Gasteiger partial charge in [-0.2, -0.15) is 5.26 Å². The lowest BCUT2D eigenvalue weighted by molar-refractivity contribution is 0.0402. The molecule has 3 atom stereocenters. The topological polar surface area (TPSA) is 115 Å². The van der Waals surface area contributed by atoms with E-state index in [-0.39, 0.29) is 12.6 Å². The summed E-state index contributed by atoms with van der Waals surface area (Å²) in [5, 5.41) is 12.0. The zero-order valence-electron chi connectivity index (χ0n) is 19.1. The molecule has 1 aliphatic carbocycles. The second-order valence-corrected chi connectivity index (χ2v) is 11.5. The van der Waals surface area contributed by atoms with Crippen LogP contribution in [0.2, 0.25) is 0 Å². The van der Waals surface area contributed by atoms with Crippen LogP contribution in [0, 0.1) is 29.1 Å². The van der Waals surface area contributed by atoms with Gasteiger partial charge in [-0.25, -0.2) is 17.9 Å². The molecule has 2 amide bonds. The quantitative estimate of drug-likeness (QED) is 0.555. The number of carbonyl (C=O) groups is 1. The lowest BCUT2D eigenvalue weighted by Crippen LogP contribution is -2.58. The minimum Gasteiger partial charge on any atom is -0.492 e. The van der Waals surface area contributed by atoms with E-state index in [0.717, 1.165) is 45.4 Å². The molecular weight excluding hydrogens is 442 g/mol. The summed E-state index contributed by atoms with van der Waals surface area (Å²) in [4.78, 5) is 16.8. The van der Waals surface area contributed by atoms with Crippen molar-refractivity contribution in [3.8, 4) is 11.8 Å². The van der Waals surface area contributed by atoms with Gasteiger partial charge in [0.15, 0.2) is 0 Å². The second-order valence-electron chi connectivity index (χ2n) is 9.75. The van der Waals surface area contributed by atoms with Gasteiger partial charge >= 0.3 is 6.03 Å². The van der Waals surface area contributed by atoms with Crippen molar-refractivity contribution in [2.24, 2.45) is 17.8 Å². The molecule has 3 fully saturated rings. The van der Waals surface area contributed by atoms with Crippen molar-refractivity contribution in [2.75, 3.05) is 52.1 Å². The minimum absolute atomic E-state index is 0.0532. The molecule has 1 saturated carbocycles. The number of amides is 2. The van der Waals surface area contributed by atoms with Gasteiger partial charge in [0.2, 0.25) is 10.0 Å². The lowest BCUT2D eigenvalue weighted by Gasteiger charge is -2.46. The average molecular weight is 476 g/mol. The molecule has 3 unspecified atom stereocenters. The summed E-state index contributed by atoms with van der Waals surface area (Å²) >= 11 is 0. The second kappa shape index (κ2) is 10.3. The van der Waals surface area contributed by atoms with Crippen LogP contribution in [-0.2, 0) is 10.0 Å². The predicted molar refractivity (Wildman–Crippen MR) is 124 cm³/mol. The number of sulfonamides is 1. The number of urea groups is 1. The molecule has 0 radical (unpaired) electrons. The van der Waals surface area contributed by atoms with Crippen molar-refractivity contribution in [3.05, 3.63) is 29.8 Å². The fourth-order valence-electron chi connectivity index (χ4n) is 4.93. The molecular formula is C23H33N5O4S. The van der Waals surface area contributed by atoms with Gasteiger partial charge < -0.3 is 19.9 Å². The van der Waals surface area contributed by atoms with Crippen molar-refractivity contribution < 1.29 is 17.9 Å². The van der Waals surface area contributed by atoms with Crippen LogP contribution in [0.3, 0.4) is 0 Å². The van der Waals surface area contributed by atoms with Gasteiger partial charge in [0, 0.05) is 39.3 Å². The largest absolute Gasteiger partial charge is 0.492 e. The van der Waals surface area contributed by atoms with E-state index in [1.807, 2.05) is 4.90 Å². The standard InChI is InChI=1S/C23H33N5O4S/c1-33(30,31)26-21(16-32-22-6-4-17(9-24)5-7-22)15-27-11-19-8-20(12-27)14-28(13-19)23(29)25-10-18-2-3-18/h4-7,18-21,26H,2-3,8,10-16H2,1H3,(H,25,29). The Hall–Kier alpha value is -2.35. The van der Waals surface area contributed by atoms with Gasteiger partial charge in [-0.3, -0.25) is 0 Å². The van der Waals surface area contributed by atoms with Gasteiger partial charge in [-0.1, -0.05) is 0 Å². The fourth-order valence-corrected chi connectivity index (χ4v) is 5.68. The molecule has 9 nitrogen and oxygen atoms in total. The maximum absolute atomic E-state index is 12.5. The fraction of sp³-hybridized carbons (Fsp3) is 0.652. The molecule has 2 N–H and O–H groups in total. The summed E-state index contributed by atoms with van der Waals surface area (Å²) in [5.74, 6) is 2.04. The molecule has 0 spiro atoms. The molecule has 33 heavy (non-hydrogen) atoms. The van der Waals surface area contributed by atoms with Crippen molar-refractivity contribution in [1.82, 2.24) is 19.8 Å². The number of rotatable bonds is 9. The first-order valence-corrected chi connectivity index (χ1v) is 13.5. The van der Waals surface area contributed by atoms with Crippen LogP contribution in [0.15, 0.2) is 24.3 Å². The van der Waals surface area contributed by atoms with E-state index in [1.165, 1.54) is 12.8 Å². The van der Waals surface area contributed by atoms with Crippen LogP contribution >= 0.6 is 0 Å². The normalized spacial score (nSPS) is 24.1. The Bertz CT molecular complexity index is 960. The number of hydrogen-bond acceptors (Lipinski definition) is 6. The highest BCUT2D eigenvalue weighted by Crippen LogP contribution is 2.30. The number of carbonyl (C=O) groups excluding carboxylic acids is 1. The van der Waals surface area contributed by atoms with E-state index in [1.54, 1.807) is 24.3 Å². The lowest BCUT2D eigenvalue weighted by atomic mass is 9.84. The maximum Gasteiger partial charge on any atom is 0.317 e. The van der Waals surface area contributed by atoms with Crippen LogP contribution in [-0.4, -0.2) is 82.4 Å². The average Bonchev–Trinajstić information content (AvgIpc) is 3.59. The van der Waals surface area contributed by atoms with E-state index in [2.05, 4.69) is 21.0 Å². The van der Waals surface area contributed by atoms with Crippen molar-refractivity contribution >= 4 is 16.1 Å². The summed E-state index contributed by atoms with van der Waals surface area (Å²) in [7, 11) is -3.40. The zero-order chi connectivity index (χ0) is 23.4. The maximum atomic E-state index is 12.5. The number of nitriles is 1. The van der Waals surface area contributed by atoms with Gasteiger partial charge in [-0.15, -0.1) is 0 Å². The molecule has 2 heterocycles. The Morgan fingerprint density at radius 3 is 2.42 bits per heavy atom. The summed E-state index contributed by atoms with van der Waals surface area (Å²) in [5.41, 5.74) is 0.545. The number of ether oxygens (including phenoxy) is 1. The van der Waals surface area contributed by atoms with Gasteiger partial charge in [-0.05, 0) is 61.3 Å². The number of nitrogens with zero attached hydrogens (tertiary/aromatic N) is 3. The van der Waals surface area contributed by atoms with Crippen LogP contribution in [0.5, 0.6) is 5.75 Å². The molecule has 4 rings (SSSR count). The summed E-state index contributed by atoms with van der Waals surface area (Å²) in [6.45, 7) is 4.69. The van der Waals surface area contributed by atoms with E-state index < -0.39 is 16.1 Å². The number of hydrogen-bond donors (Lipinski definition) is 2. The first kappa shape index (κ1) is 23.8. The Morgan fingerprint density at radius 1 is 1.18 bits per heavy atom. The van der Waals surface area contributed by atoms with Crippen LogP contribution < -0.4 is 14.8 Å². The van der Waals surface area contributed by atoms with Crippen molar-refractivity contribution in [3.63, 3.8) is 0 Å². The first-order valence-electron chi connectivity index (χ1n) is 11.6.